The standard InChI is InChI=1S/C23H20N2O7S/c26-21-10-3-17(15-22(21)27)12-14-33(31,32)13-11-16-1-6-19(7-2-16)24-23(28)18-4-8-20(9-5-18)25(29)30/h1-10,12,14-15,26-27H,11,13H2,(H,24,28)/b14-12+. The molecule has 0 saturated heterocycles. The van der Waals surface area contributed by atoms with E-state index in [0.29, 0.717) is 11.3 Å². The quantitative estimate of drug-likeness (QED) is 0.258. The zero-order valence-corrected chi connectivity index (χ0v) is 18.0. The molecule has 9 nitrogen and oxygen atoms in total. The van der Waals surface area contributed by atoms with Crippen molar-refractivity contribution in [2.45, 2.75) is 6.42 Å². The minimum Gasteiger partial charge on any atom is -0.504 e. The van der Waals surface area contributed by atoms with Crippen molar-refractivity contribution in [2.75, 3.05) is 11.1 Å². The fourth-order valence-corrected chi connectivity index (χ4v) is 3.87. The molecular formula is C23H20N2O7S. The number of hydrogen-bond donors (Lipinski definition) is 3. The minimum absolute atomic E-state index is 0.109. The number of rotatable bonds is 8. The lowest BCUT2D eigenvalue weighted by molar-refractivity contribution is -0.384. The molecule has 3 rings (SSSR count). The summed E-state index contributed by atoms with van der Waals surface area (Å²) in [5.74, 6) is -1.19. The van der Waals surface area contributed by atoms with Gasteiger partial charge in [0, 0.05) is 28.8 Å². The molecule has 1 amide bonds. The fraction of sp³-hybridized carbons (Fsp3) is 0.0870. The number of hydrogen-bond acceptors (Lipinski definition) is 7. The van der Waals surface area contributed by atoms with E-state index in [2.05, 4.69) is 5.32 Å². The molecule has 0 heterocycles. The van der Waals surface area contributed by atoms with Gasteiger partial charge in [0.2, 0.25) is 0 Å². The van der Waals surface area contributed by atoms with Crippen LogP contribution in [0.3, 0.4) is 0 Å². The van der Waals surface area contributed by atoms with Gasteiger partial charge in [-0.15, -0.1) is 0 Å². The normalized spacial score (nSPS) is 11.4. The largest absolute Gasteiger partial charge is 0.504 e. The topological polar surface area (TPSA) is 147 Å². The number of carbonyl (C=O) groups is 1. The van der Waals surface area contributed by atoms with Crippen LogP contribution in [0.25, 0.3) is 6.08 Å². The van der Waals surface area contributed by atoms with Crippen LogP contribution < -0.4 is 5.32 Å². The average molecular weight is 468 g/mol. The molecule has 0 aliphatic heterocycles. The first-order valence-corrected chi connectivity index (χ1v) is 11.4. The summed E-state index contributed by atoms with van der Waals surface area (Å²) < 4.78 is 24.5. The fourth-order valence-electron chi connectivity index (χ4n) is 2.85. The maximum Gasteiger partial charge on any atom is 0.269 e. The van der Waals surface area contributed by atoms with Crippen molar-refractivity contribution in [3.63, 3.8) is 0 Å². The average Bonchev–Trinajstić information content (AvgIpc) is 2.79. The van der Waals surface area contributed by atoms with E-state index >= 15 is 0 Å². The van der Waals surface area contributed by atoms with Crippen molar-refractivity contribution in [3.8, 4) is 11.5 Å². The van der Waals surface area contributed by atoms with E-state index in [9.17, 15) is 33.5 Å². The summed E-state index contributed by atoms with van der Waals surface area (Å²) >= 11 is 0. The predicted octanol–water partition coefficient (Wildman–Crippen LogP) is 3.89. The number of benzene rings is 3. The van der Waals surface area contributed by atoms with Gasteiger partial charge in [0.1, 0.15) is 0 Å². The third-order valence-corrected chi connectivity index (χ3v) is 6.02. The number of anilines is 1. The molecule has 0 spiro atoms. The molecule has 33 heavy (non-hydrogen) atoms. The molecule has 0 saturated carbocycles. The van der Waals surface area contributed by atoms with Gasteiger partial charge >= 0.3 is 0 Å². The number of aromatic hydroxyl groups is 2. The Bertz CT molecular complexity index is 1300. The highest BCUT2D eigenvalue weighted by atomic mass is 32.2. The lowest BCUT2D eigenvalue weighted by atomic mass is 10.1. The number of sulfone groups is 1. The lowest BCUT2D eigenvalue weighted by Crippen LogP contribution is -2.12. The Hall–Kier alpha value is -4.18. The predicted molar refractivity (Wildman–Crippen MR) is 124 cm³/mol. The minimum atomic E-state index is -3.52. The zero-order valence-electron chi connectivity index (χ0n) is 17.2. The van der Waals surface area contributed by atoms with E-state index in [1.54, 1.807) is 24.3 Å². The van der Waals surface area contributed by atoms with Crippen LogP contribution in [-0.4, -0.2) is 35.2 Å². The Kier molecular flexibility index (Phi) is 7.09. The Balaban J connectivity index is 1.56. The van der Waals surface area contributed by atoms with Crippen LogP contribution in [0.15, 0.2) is 72.1 Å². The molecule has 0 radical (unpaired) electrons. The van der Waals surface area contributed by atoms with E-state index in [4.69, 9.17) is 0 Å². The number of nitro benzene ring substituents is 1. The summed E-state index contributed by atoms with van der Waals surface area (Å²) in [5.41, 5.74) is 1.84. The molecule has 3 aromatic carbocycles. The molecule has 10 heteroatoms. The van der Waals surface area contributed by atoms with Gasteiger partial charge in [-0.25, -0.2) is 8.42 Å². The Labute approximate surface area is 189 Å². The molecular weight excluding hydrogens is 448 g/mol. The number of phenolic OH excluding ortho intramolecular Hbond substituents is 2. The summed E-state index contributed by atoms with van der Waals surface area (Å²) in [6.07, 6.45) is 1.59. The molecule has 0 atom stereocenters. The van der Waals surface area contributed by atoms with Crippen molar-refractivity contribution in [1.29, 1.82) is 0 Å². The smallest absolute Gasteiger partial charge is 0.269 e. The number of aryl methyl sites for hydroxylation is 1. The molecule has 0 aromatic heterocycles. The van der Waals surface area contributed by atoms with Crippen LogP contribution >= 0.6 is 0 Å². The molecule has 0 bridgehead atoms. The molecule has 3 aromatic rings. The highest BCUT2D eigenvalue weighted by Gasteiger charge is 2.11. The summed E-state index contributed by atoms with van der Waals surface area (Å²) in [6.45, 7) is 0. The van der Waals surface area contributed by atoms with Gasteiger partial charge in [-0.2, -0.15) is 0 Å². The number of carbonyl (C=O) groups excluding carboxylic acids is 1. The van der Waals surface area contributed by atoms with Crippen molar-refractivity contribution in [3.05, 3.63) is 98.9 Å². The maximum absolute atomic E-state index is 12.3. The van der Waals surface area contributed by atoms with Gasteiger partial charge < -0.3 is 15.5 Å². The second-order valence-corrected chi connectivity index (χ2v) is 9.13. The van der Waals surface area contributed by atoms with Gasteiger partial charge in [-0.3, -0.25) is 14.9 Å². The lowest BCUT2D eigenvalue weighted by Gasteiger charge is -2.07. The molecule has 3 N–H and O–H groups in total. The maximum atomic E-state index is 12.3. The molecule has 0 unspecified atom stereocenters. The molecule has 0 aliphatic carbocycles. The number of amides is 1. The number of nitro groups is 1. The summed E-state index contributed by atoms with van der Waals surface area (Å²) in [5, 5.41) is 33.2. The van der Waals surface area contributed by atoms with Crippen molar-refractivity contribution >= 4 is 33.2 Å². The monoisotopic (exact) mass is 468 g/mol. The highest BCUT2D eigenvalue weighted by Crippen LogP contribution is 2.25. The Morgan fingerprint density at radius 1 is 0.970 bits per heavy atom. The number of nitrogens with zero attached hydrogens (tertiary/aromatic N) is 1. The zero-order chi connectivity index (χ0) is 24.0. The van der Waals surface area contributed by atoms with Gasteiger partial charge in [-0.1, -0.05) is 18.2 Å². The van der Waals surface area contributed by atoms with Crippen molar-refractivity contribution in [2.24, 2.45) is 0 Å². The van der Waals surface area contributed by atoms with Crippen LogP contribution in [0.2, 0.25) is 0 Å². The van der Waals surface area contributed by atoms with Crippen LogP contribution in [-0.2, 0) is 16.3 Å². The Morgan fingerprint density at radius 2 is 1.64 bits per heavy atom. The van der Waals surface area contributed by atoms with Crippen LogP contribution in [0.5, 0.6) is 11.5 Å². The second-order valence-electron chi connectivity index (χ2n) is 7.12. The molecule has 170 valence electrons. The third-order valence-electron chi connectivity index (χ3n) is 4.69. The van der Waals surface area contributed by atoms with Gasteiger partial charge in [0.25, 0.3) is 11.6 Å². The van der Waals surface area contributed by atoms with Crippen molar-refractivity contribution < 1.29 is 28.3 Å². The van der Waals surface area contributed by atoms with E-state index < -0.39 is 20.7 Å². The van der Waals surface area contributed by atoms with Crippen LogP contribution in [0, 0.1) is 10.1 Å². The molecule has 0 aliphatic rings. The first-order valence-electron chi connectivity index (χ1n) is 9.70. The van der Waals surface area contributed by atoms with E-state index in [1.165, 1.54) is 48.5 Å². The van der Waals surface area contributed by atoms with Gasteiger partial charge in [0.15, 0.2) is 21.3 Å². The van der Waals surface area contributed by atoms with Gasteiger partial charge in [-0.05, 0) is 60.0 Å². The van der Waals surface area contributed by atoms with E-state index in [-0.39, 0.29) is 34.9 Å². The van der Waals surface area contributed by atoms with Crippen LogP contribution in [0.4, 0.5) is 11.4 Å². The molecule has 0 fully saturated rings. The van der Waals surface area contributed by atoms with Gasteiger partial charge in [0.05, 0.1) is 10.7 Å². The van der Waals surface area contributed by atoms with Crippen molar-refractivity contribution in [1.82, 2.24) is 0 Å². The van der Waals surface area contributed by atoms with E-state index in [0.717, 1.165) is 11.0 Å². The first kappa shape index (κ1) is 23.5. The SMILES string of the molecule is O=C(Nc1ccc(CCS(=O)(=O)/C=C/c2ccc(O)c(O)c2)cc1)c1ccc([N+](=O)[O-])cc1. The van der Waals surface area contributed by atoms with E-state index in [1.807, 2.05) is 0 Å². The number of non-ortho nitro benzene ring substituents is 1. The number of nitrogens with one attached hydrogen (secondary N) is 1. The summed E-state index contributed by atoms with van der Waals surface area (Å²) in [4.78, 5) is 22.4. The summed E-state index contributed by atoms with van der Waals surface area (Å²) in [7, 11) is -3.52. The highest BCUT2D eigenvalue weighted by molar-refractivity contribution is 7.94. The Morgan fingerprint density at radius 3 is 2.24 bits per heavy atom. The van der Waals surface area contributed by atoms with Crippen LogP contribution in [0.1, 0.15) is 21.5 Å². The number of phenols is 2. The first-order chi connectivity index (χ1) is 15.6. The second kappa shape index (κ2) is 9.96. The third kappa shape index (κ3) is 6.65. The summed E-state index contributed by atoms with van der Waals surface area (Å²) in [6, 6.07) is 15.9.